The van der Waals surface area contributed by atoms with Crippen LogP contribution in [0.1, 0.15) is 0 Å². The SMILES string of the molecule is Cn1cnnc1-c1cc(Cl)ccc1-c1cc(Cl)nc(Cl)c1. The summed E-state index contributed by atoms with van der Waals surface area (Å²) in [4.78, 5) is 3.96. The van der Waals surface area contributed by atoms with Crippen LogP contribution in [0.4, 0.5) is 0 Å². The van der Waals surface area contributed by atoms with Crippen LogP contribution in [-0.2, 0) is 7.05 Å². The van der Waals surface area contributed by atoms with E-state index in [0.29, 0.717) is 21.2 Å². The van der Waals surface area contributed by atoms with Crippen LogP contribution in [0.15, 0.2) is 36.7 Å². The molecule has 4 nitrogen and oxygen atoms in total. The number of hydrogen-bond acceptors (Lipinski definition) is 3. The number of aromatic nitrogens is 4. The molecule has 0 N–H and O–H groups in total. The maximum atomic E-state index is 6.11. The minimum Gasteiger partial charge on any atom is -0.317 e. The van der Waals surface area contributed by atoms with E-state index in [1.807, 2.05) is 23.7 Å². The second-order valence-electron chi connectivity index (χ2n) is 4.46. The Morgan fingerprint density at radius 1 is 0.952 bits per heavy atom. The Balaban J connectivity index is 2.26. The predicted octanol–water partition coefficient (Wildman–Crippen LogP) is 4.50. The van der Waals surface area contributed by atoms with Gasteiger partial charge in [-0.15, -0.1) is 10.2 Å². The molecule has 0 aliphatic carbocycles. The van der Waals surface area contributed by atoms with Crippen molar-refractivity contribution in [2.45, 2.75) is 0 Å². The highest BCUT2D eigenvalue weighted by Gasteiger charge is 2.14. The molecule has 0 saturated heterocycles. The number of hydrogen-bond donors (Lipinski definition) is 0. The number of rotatable bonds is 2. The third-order valence-electron chi connectivity index (χ3n) is 3.01. The summed E-state index contributed by atoms with van der Waals surface area (Å²) >= 11 is 18.1. The van der Waals surface area contributed by atoms with Crippen molar-refractivity contribution in [3.63, 3.8) is 0 Å². The van der Waals surface area contributed by atoms with Crippen LogP contribution >= 0.6 is 34.8 Å². The fourth-order valence-corrected chi connectivity index (χ4v) is 2.73. The van der Waals surface area contributed by atoms with Crippen LogP contribution in [-0.4, -0.2) is 19.7 Å². The Morgan fingerprint density at radius 3 is 2.29 bits per heavy atom. The Kier molecular flexibility index (Phi) is 3.85. The molecule has 1 aromatic carbocycles. The van der Waals surface area contributed by atoms with Crippen LogP contribution < -0.4 is 0 Å². The molecule has 3 aromatic rings. The number of halogens is 3. The second-order valence-corrected chi connectivity index (χ2v) is 5.67. The molecule has 0 unspecified atom stereocenters. The molecule has 0 atom stereocenters. The zero-order valence-electron chi connectivity index (χ0n) is 10.9. The van der Waals surface area contributed by atoms with E-state index in [1.165, 1.54) is 0 Å². The van der Waals surface area contributed by atoms with E-state index >= 15 is 0 Å². The van der Waals surface area contributed by atoms with Gasteiger partial charge >= 0.3 is 0 Å². The Morgan fingerprint density at radius 2 is 1.67 bits per heavy atom. The van der Waals surface area contributed by atoms with E-state index < -0.39 is 0 Å². The van der Waals surface area contributed by atoms with Gasteiger partial charge in [0.1, 0.15) is 16.6 Å². The first-order valence-electron chi connectivity index (χ1n) is 6.02. The van der Waals surface area contributed by atoms with Crippen molar-refractivity contribution in [3.05, 3.63) is 52.0 Å². The highest BCUT2D eigenvalue weighted by atomic mass is 35.5. The highest BCUT2D eigenvalue weighted by molar-refractivity contribution is 6.33. The van der Waals surface area contributed by atoms with Crippen molar-refractivity contribution >= 4 is 34.8 Å². The molecular weight excluding hydrogens is 331 g/mol. The molecular formula is C14H9Cl3N4. The molecule has 3 rings (SSSR count). The number of nitrogens with zero attached hydrogens (tertiary/aromatic N) is 4. The number of aryl methyl sites for hydroxylation is 1. The molecule has 106 valence electrons. The van der Waals surface area contributed by atoms with Crippen molar-refractivity contribution in [2.24, 2.45) is 7.05 Å². The lowest BCUT2D eigenvalue weighted by molar-refractivity contribution is 0.920. The first-order valence-corrected chi connectivity index (χ1v) is 7.15. The van der Waals surface area contributed by atoms with Gasteiger partial charge in [0.25, 0.3) is 0 Å². The zero-order chi connectivity index (χ0) is 15.0. The van der Waals surface area contributed by atoms with Crippen molar-refractivity contribution in [1.29, 1.82) is 0 Å². The summed E-state index contributed by atoms with van der Waals surface area (Å²) < 4.78 is 1.82. The molecule has 0 saturated carbocycles. The van der Waals surface area contributed by atoms with E-state index in [2.05, 4.69) is 15.2 Å². The van der Waals surface area contributed by atoms with Gasteiger partial charge in [-0.1, -0.05) is 40.9 Å². The average Bonchev–Trinajstić information content (AvgIpc) is 2.83. The van der Waals surface area contributed by atoms with Gasteiger partial charge in [-0.25, -0.2) is 4.98 Å². The van der Waals surface area contributed by atoms with E-state index in [9.17, 15) is 0 Å². The first-order chi connectivity index (χ1) is 10.0. The molecule has 7 heteroatoms. The van der Waals surface area contributed by atoms with E-state index in [-0.39, 0.29) is 0 Å². The fraction of sp³-hybridized carbons (Fsp3) is 0.0714. The minimum atomic E-state index is 0.330. The molecule has 0 spiro atoms. The van der Waals surface area contributed by atoms with Crippen molar-refractivity contribution in [3.8, 4) is 22.5 Å². The number of pyridine rings is 1. The van der Waals surface area contributed by atoms with Crippen LogP contribution in [0, 0.1) is 0 Å². The lowest BCUT2D eigenvalue weighted by atomic mass is 10.00. The summed E-state index contributed by atoms with van der Waals surface area (Å²) in [7, 11) is 1.87. The lowest BCUT2D eigenvalue weighted by Crippen LogP contribution is -1.94. The van der Waals surface area contributed by atoms with Crippen LogP contribution in [0.25, 0.3) is 22.5 Å². The molecule has 21 heavy (non-hydrogen) atoms. The largest absolute Gasteiger partial charge is 0.317 e. The molecule has 0 fully saturated rings. The van der Waals surface area contributed by atoms with E-state index in [0.717, 1.165) is 16.7 Å². The van der Waals surface area contributed by atoms with Gasteiger partial charge in [0, 0.05) is 17.6 Å². The predicted molar refractivity (Wildman–Crippen MR) is 84.7 cm³/mol. The highest BCUT2D eigenvalue weighted by Crippen LogP contribution is 2.34. The quantitative estimate of drug-likeness (QED) is 0.645. The van der Waals surface area contributed by atoms with Gasteiger partial charge in [0.2, 0.25) is 0 Å². The van der Waals surface area contributed by atoms with Crippen LogP contribution in [0.3, 0.4) is 0 Å². The third-order valence-corrected chi connectivity index (χ3v) is 3.63. The van der Waals surface area contributed by atoms with E-state index in [4.69, 9.17) is 34.8 Å². The molecule has 0 radical (unpaired) electrons. The third kappa shape index (κ3) is 2.88. The summed E-state index contributed by atoms with van der Waals surface area (Å²) in [5, 5.41) is 9.31. The lowest BCUT2D eigenvalue weighted by Gasteiger charge is -2.10. The minimum absolute atomic E-state index is 0.330. The zero-order valence-corrected chi connectivity index (χ0v) is 13.2. The Labute approximate surface area is 136 Å². The normalized spacial score (nSPS) is 10.9. The standard InChI is InChI=1S/C14H9Cl3N4/c1-21-7-18-20-14(21)11-6-9(15)2-3-10(11)8-4-12(16)19-13(17)5-8/h2-7H,1H3. The van der Waals surface area contributed by atoms with Gasteiger partial charge in [-0.05, 0) is 35.4 Å². The molecule has 0 bridgehead atoms. The van der Waals surface area contributed by atoms with Crippen LogP contribution in [0.5, 0.6) is 0 Å². The summed E-state index contributed by atoms with van der Waals surface area (Å²) in [5.41, 5.74) is 2.59. The topological polar surface area (TPSA) is 43.6 Å². The van der Waals surface area contributed by atoms with E-state index in [1.54, 1.807) is 24.5 Å². The van der Waals surface area contributed by atoms with Gasteiger partial charge in [-0.2, -0.15) is 0 Å². The smallest absolute Gasteiger partial charge is 0.164 e. The molecule has 2 heterocycles. The summed E-state index contributed by atoms with van der Waals surface area (Å²) in [5.74, 6) is 0.705. The second kappa shape index (κ2) is 5.64. The summed E-state index contributed by atoms with van der Waals surface area (Å²) in [6.45, 7) is 0. The van der Waals surface area contributed by atoms with Crippen molar-refractivity contribution in [1.82, 2.24) is 19.7 Å². The fourth-order valence-electron chi connectivity index (χ4n) is 2.10. The Hall–Kier alpha value is -1.62. The van der Waals surface area contributed by atoms with Crippen molar-refractivity contribution < 1.29 is 0 Å². The molecule has 0 amide bonds. The Bertz CT molecular complexity index is 793. The first kappa shape index (κ1) is 14.3. The maximum absolute atomic E-state index is 6.11. The summed E-state index contributed by atoms with van der Waals surface area (Å²) in [6.07, 6.45) is 1.63. The molecule has 0 aliphatic rings. The van der Waals surface area contributed by atoms with Gasteiger partial charge in [-0.3, -0.25) is 0 Å². The molecule has 0 aliphatic heterocycles. The van der Waals surface area contributed by atoms with Gasteiger partial charge < -0.3 is 4.57 Å². The molecule has 2 aromatic heterocycles. The summed E-state index contributed by atoms with van der Waals surface area (Å²) in [6, 6.07) is 9.03. The monoisotopic (exact) mass is 338 g/mol. The number of benzene rings is 1. The van der Waals surface area contributed by atoms with Gasteiger partial charge in [0.05, 0.1) is 0 Å². The maximum Gasteiger partial charge on any atom is 0.164 e. The van der Waals surface area contributed by atoms with Crippen LogP contribution in [0.2, 0.25) is 15.3 Å². The average molecular weight is 340 g/mol. The van der Waals surface area contributed by atoms with Crippen molar-refractivity contribution in [2.75, 3.05) is 0 Å². The van der Waals surface area contributed by atoms with Gasteiger partial charge in [0.15, 0.2) is 5.82 Å².